The summed E-state index contributed by atoms with van der Waals surface area (Å²) in [5.74, 6) is 0. The number of para-hydroxylation sites is 1. The van der Waals surface area contributed by atoms with Gasteiger partial charge in [-0.15, -0.1) is 11.3 Å². The van der Waals surface area contributed by atoms with E-state index in [1.807, 2.05) is 48.9 Å². The first kappa shape index (κ1) is 12.7. The maximum Gasteiger partial charge on any atom is 0.0900 e. The van der Waals surface area contributed by atoms with Gasteiger partial charge in [0.2, 0.25) is 0 Å². The first-order valence-electron chi connectivity index (χ1n) is 7.37. The van der Waals surface area contributed by atoms with Crippen molar-refractivity contribution in [1.82, 2.24) is 15.0 Å². The van der Waals surface area contributed by atoms with E-state index in [9.17, 15) is 0 Å². The van der Waals surface area contributed by atoms with Crippen LogP contribution in [-0.4, -0.2) is 15.0 Å². The topological polar surface area (TPSA) is 38.7 Å². The Hall–Kier alpha value is -2.85. The first-order chi connectivity index (χ1) is 11.4. The van der Waals surface area contributed by atoms with Crippen LogP contribution in [0.1, 0.15) is 0 Å². The van der Waals surface area contributed by atoms with Crippen LogP contribution in [0.4, 0.5) is 0 Å². The maximum atomic E-state index is 4.74. The van der Waals surface area contributed by atoms with Crippen LogP contribution in [0.25, 0.3) is 42.5 Å². The summed E-state index contributed by atoms with van der Waals surface area (Å²) in [7, 11) is 0. The van der Waals surface area contributed by atoms with Crippen LogP contribution in [0.5, 0.6) is 0 Å². The van der Waals surface area contributed by atoms with Gasteiger partial charge >= 0.3 is 0 Å². The predicted molar refractivity (Wildman–Crippen MR) is 95.7 cm³/mol. The van der Waals surface area contributed by atoms with Crippen molar-refractivity contribution >= 4 is 42.4 Å². The highest BCUT2D eigenvalue weighted by atomic mass is 32.1. The molecule has 0 unspecified atom stereocenters. The number of nitrogens with zero attached hydrogens (tertiary/aromatic N) is 3. The Bertz CT molecular complexity index is 1180. The Labute approximate surface area is 136 Å². The van der Waals surface area contributed by atoms with Gasteiger partial charge in [-0.2, -0.15) is 0 Å². The molecule has 0 aliphatic carbocycles. The summed E-state index contributed by atoms with van der Waals surface area (Å²) in [4.78, 5) is 13.6. The minimum Gasteiger partial charge on any atom is -0.264 e. The van der Waals surface area contributed by atoms with Gasteiger partial charge in [0, 0.05) is 44.1 Å². The standard InChI is InChI=1S/C19H11N3S/c1-2-4-15-12(3-1)5-6-16(22-15)17-9-19-14(11-21-17)13-10-20-8-7-18(13)23-19/h1-11H. The van der Waals surface area contributed by atoms with Crippen LogP contribution < -0.4 is 0 Å². The molecule has 0 saturated heterocycles. The third-order valence-corrected chi connectivity index (χ3v) is 5.15. The van der Waals surface area contributed by atoms with Crippen LogP contribution >= 0.6 is 11.3 Å². The Balaban J connectivity index is 1.73. The molecule has 1 aromatic carbocycles. The molecule has 4 heterocycles. The normalized spacial score (nSPS) is 11.5. The van der Waals surface area contributed by atoms with E-state index >= 15 is 0 Å². The van der Waals surface area contributed by atoms with E-state index in [-0.39, 0.29) is 0 Å². The Morgan fingerprint density at radius 3 is 2.70 bits per heavy atom. The first-order valence-corrected chi connectivity index (χ1v) is 8.18. The molecule has 0 atom stereocenters. The van der Waals surface area contributed by atoms with Gasteiger partial charge in [-0.25, -0.2) is 4.98 Å². The van der Waals surface area contributed by atoms with E-state index < -0.39 is 0 Å². The average molecular weight is 313 g/mol. The van der Waals surface area contributed by atoms with E-state index in [1.54, 1.807) is 11.3 Å². The number of hydrogen-bond donors (Lipinski definition) is 0. The minimum absolute atomic E-state index is 0.904. The van der Waals surface area contributed by atoms with Crippen LogP contribution in [-0.2, 0) is 0 Å². The summed E-state index contributed by atoms with van der Waals surface area (Å²) in [6, 6.07) is 16.4. The highest BCUT2D eigenvalue weighted by Gasteiger charge is 2.09. The molecule has 0 aliphatic heterocycles. The zero-order valence-electron chi connectivity index (χ0n) is 12.1. The number of thiophene rings is 1. The number of aromatic nitrogens is 3. The fourth-order valence-corrected chi connectivity index (χ4v) is 3.95. The van der Waals surface area contributed by atoms with Gasteiger partial charge in [0.15, 0.2) is 0 Å². The molecule has 4 heteroatoms. The Morgan fingerprint density at radius 2 is 1.70 bits per heavy atom. The molecule has 3 nitrogen and oxygen atoms in total. The van der Waals surface area contributed by atoms with Crippen molar-refractivity contribution in [3.05, 3.63) is 67.1 Å². The third kappa shape index (κ3) is 1.99. The maximum absolute atomic E-state index is 4.74. The van der Waals surface area contributed by atoms with Gasteiger partial charge < -0.3 is 0 Å². The molecule has 0 spiro atoms. The largest absolute Gasteiger partial charge is 0.264 e. The molecule has 5 aromatic rings. The zero-order valence-corrected chi connectivity index (χ0v) is 12.9. The van der Waals surface area contributed by atoms with Crippen LogP contribution in [0, 0.1) is 0 Å². The number of benzene rings is 1. The second-order valence-electron chi connectivity index (χ2n) is 5.43. The summed E-state index contributed by atoms with van der Waals surface area (Å²) < 4.78 is 2.45. The molecule has 108 valence electrons. The highest BCUT2D eigenvalue weighted by molar-refractivity contribution is 7.25. The smallest absolute Gasteiger partial charge is 0.0900 e. The minimum atomic E-state index is 0.904. The van der Waals surface area contributed by atoms with E-state index in [1.165, 1.54) is 9.40 Å². The molecule has 0 amide bonds. The van der Waals surface area contributed by atoms with E-state index in [0.29, 0.717) is 0 Å². The summed E-state index contributed by atoms with van der Waals surface area (Å²) in [6.45, 7) is 0. The molecule has 0 radical (unpaired) electrons. The van der Waals surface area contributed by atoms with Crippen molar-refractivity contribution < 1.29 is 0 Å². The molecular weight excluding hydrogens is 302 g/mol. The zero-order chi connectivity index (χ0) is 15.2. The lowest BCUT2D eigenvalue weighted by Crippen LogP contribution is -1.87. The average Bonchev–Trinajstić information content (AvgIpc) is 2.99. The molecule has 4 aromatic heterocycles. The summed E-state index contributed by atoms with van der Waals surface area (Å²) in [5, 5.41) is 3.46. The molecular formula is C19H11N3S. The number of hydrogen-bond acceptors (Lipinski definition) is 4. The Morgan fingerprint density at radius 1 is 0.783 bits per heavy atom. The summed E-state index contributed by atoms with van der Waals surface area (Å²) in [5.41, 5.74) is 2.80. The van der Waals surface area contributed by atoms with Crippen molar-refractivity contribution in [2.24, 2.45) is 0 Å². The van der Waals surface area contributed by atoms with Crippen molar-refractivity contribution in [2.45, 2.75) is 0 Å². The lowest BCUT2D eigenvalue weighted by Gasteiger charge is -2.02. The number of fused-ring (bicyclic) bond motifs is 4. The summed E-state index contributed by atoms with van der Waals surface area (Å²) in [6.07, 6.45) is 5.67. The molecule has 0 saturated carbocycles. The van der Waals surface area contributed by atoms with E-state index in [0.717, 1.165) is 33.1 Å². The van der Waals surface area contributed by atoms with Crippen molar-refractivity contribution in [3.63, 3.8) is 0 Å². The molecule has 23 heavy (non-hydrogen) atoms. The van der Waals surface area contributed by atoms with Crippen molar-refractivity contribution in [3.8, 4) is 11.4 Å². The molecule has 0 fully saturated rings. The van der Waals surface area contributed by atoms with E-state index in [2.05, 4.69) is 28.2 Å². The fraction of sp³-hybridized carbons (Fsp3) is 0. The van der Waals surface area contributed by atoms with Crippen LogP contribution in [0.2, 0.25) is 0 Å². The van der Waals surface area contributed by atoms with Gasteiger partial charge in [-0.05, 0) is 24.3 Å². The van der Waals surface area contributed by atoms with Crippen molar-refractivity contribution in [1.29, 1.82) is 0 Å². The molecule has 0 N–H and O–H groups in total. The fourth-order valence-electron chi connectivity index (χ4n) is 2.86. The predicted octanol–water partition coefficient (Wildman–Crippen LogP) is 5.06. The third-order valence-electron chi connectivity index (χ3n) is 4.02. The van der Waals surface area contributed by atoms with Gasteiger partial charge in [-0.1, -0.05) is 24.3 Å². The monoisotopic (exact) mass is 313 g/mol. The SMILES string of the molecule is c1ccc2nc(-c3cc4sc5ccncc5c4cn3)ccc2c1. The second-order valence-corrected chi connectivity index (χ2v) is 6.51. The lowest BCUT2D eigenvalue weighted by atomic mass is 10.1. The van der Waals surface area contributed by atoms with Crippen LogP contribution in [0.3, 0.4) is 0 Å². The summed E-state index contributed by atoms with van der Waals surface area (Å²) >= 11 is 1.77. The van der Waals surface area contributed by atoms with Gasteiger partial charge in [-0.3, -0.25) is 9.97 Å². The number of rotatable bonds is 1. The van der Waals surface area contributed by atoms with Gasteiger partial charge in [0.25, 0.3) is 0 Å². The lowest BCUT2D eigenvalue weighted by molar-refractivity contribution is 1.30. The number of pyridine rings is 3. The van der Waals surface area contributed by atoms with Gasteiger partial charge in [0.05, 0.1) is 16.9 Å². The van der Waals surface area contributed by atoms with E-state index in [4.69, 9.17) is 4.98 Å². The van der Waals surface area contributed by atoms with Crippen LogP contribution in [0.15, 0.2) is 67.1 Å². The molecule has 0 aliphatic rings. The Kier molecular flexibility index (Phi) is 2.66. The highest BCUT2D eigenvalue weighted by Crippen LogP contribution is 2.34. The quantitative estimate of drug-likeness (QED) is 0.434. The van der Waals surface area contributed by atoms with Gasteiger partial charge in [0.1, 0.15) is 0 Å². The molecule has 5 rings (SSSR count). The molecule has 0 bridgehead atoms. The second kappa shape index (κ2) is 4.83. The van der Waals surface area contributed by atoms with Crippen molar-refractivity contribution in [2.75, 3.05) is 0 Å².